The van der Waals surface area contributed by atoms with Gasteiger partial charge in [0.05, 0.1) is 28.0 Å². The summed E-state index contributed by atoms with van der Waals surface area (Å²) in [5.74, 6) is 4.83. The van der Waals surface area contributed by atoms with E-state index in [0.29, 0.717) is 23.5 Å². The molecule has 3 aliphatic rings. The van der Waals surface area contributed by atoms with E-state index < -0.39 is 20.9 Å². The SMILES string of the molecule is C#CCN1/C(=C/C2=C(O)C(=C\C3=[N+](CC#C)c4ccccc4C3(C)C)/C2=O)C(C)(C)c2cc(S(=O)(=O)O)ccc21. The van der Waals surface area contributed by atoms with Gasteiger partial charge >= 0.3 is 0 Å². The fourth-order valence-electron chi connectivity index (χ4n) is 5.88. The van der Waals surface area contributed by atoms with E-state index in [0.717, 1.165) is 17.0 Å². The number of hydrogen-bond donors (Lipinski definition) is 2. The number of para-hydroxylation sites is 1. The van der Waals surface area contributed by atoms with E-state index in [2.05, 4.69) is 25.7 Å². The summed E-state index contributed by atoms with van der Waals surface area (Å²) in [5, 5.41) is 11.1. The highest BCUT2D eigenvalue weighted by Gasteiger charge is 2.47. The quantitative estimate of drug-likeness (QED) is 0.244. The number of fused-ring (bicyclic) bond motifs is 2. The first kappa shape index (κ1) is 27.2. The summed E-state index contributed by atoms with van der Waals surface area (Å²) in [6.07, 6.45) is 14.6. The van der Waals surface area contributed by atoms with E-state index in [1.807, 2.05) is 42.7 Å². The first-order valence-corrected chi connectivity index (χ1v) is 14.1. The van der Waals surface area contributed by atoms with Gasteiger partial charge in [-0.15, -0.1) is 12.8 Å². The predicted octanol–water partition coefficient (Wildman–Crippen LogP) is 4.58. The third-order valence-electron chi connectivity index (χ3n) is 8.02. The number of terminal acetylenes is 2. The highest BCUT2D eigenvalue weighted by molar-refractivity contribution is 7.85. The molecule has 0 radical (unpaired) electrons. The Balaban J connectivity index is 1.61. The van der Waals surface area contributed by atoms with Crippen LogP contribution in [0.4, 0.5) is 11.4 Å². The molecule has 40 heavy (non-hydrogen) atoms. The van der Waals surface area contributed by atoms with E-state index in [9.17, 15) is 22.9 Å². The second-order valence-electron chi connectivity index (χ2n) is 11.1. The van der Waals surface area contributed by atoms with Crippen molar-refractivity contribution in [3.8, 4) is 24.7 Å². The Morgan fingerprint density at radius 3 is 2.33 bits per heavy atom. The summed E-state index contributed by atoms with van der Waals surface area (Å²) in [6, 6.07) is 12.2. The lowest BCUT2D eigenvalue weighted by atomic mass is 9.77. The molecule has 0 saturated heterocycles. The van der Waals surface area contributed by atoms with Crippen LogP contribution < -0.4 is 4.90 Å². The van der Waals surface area contributed by atoms with Crippen LogP contribution in [0.15, 0.2) is 82.1 Å². The molecule has 2 aromatic rings. The molecule has 0 saturated carbocycles. The summed E-state index contributed by atoms with van der Waals surface area (Å²) >= 11 is 0. The molecule has 0 bridgehead atoms. The van der Waals surface area contributed by atoms with Crippen molar-refractivity contribution in [2.75, 3.05) is 18.0 Å². The molecular formula is C32H29N2O5S+. The van der Waals surface area contributed by atoms with Gasteiger partial charge in [-0.2, -0.15) is 13.0 Å². The first-order valence-electron chi connectivity index (χ1n) is 12.7. The van der Waals surface area contributed by atoms with Gasteiger partial charge in [-0.3, -0.25) is 9.35 Å². The lowest BCUT2D eigenvalue weighted by Gasteiger charge is -2.28. The van der Waals surface area contributed by atoms with Crippen LogP contribution in [0.2, 0.25) is 0 Å². The van der Waals surface area contributed by atoms with Gasteiger partial charge in [-0.05, 0) is 49.6 Å². The molecule has 7 nitrogen and oxygen atoms in total. The zero-order valence-corrected chi connectivity index (χ0v) is 23.5. The maximum Gasteiger partial charge on any atom is 0.294 e. The van der Waals surface area contributed by atoms with E-state index in [1.165, 1.54) is 12.1 Å². The average Bonchev–Trinajstić information content (AvgIpc) is 3.24. The maximum absolute atomic E-state index is 13.5. The summed E-state index contributed by atoms with van der Waals surface area (Å²) in [5.41, 5.74) is 3.86. The van der Waals surface area contributed by atoms with Crippen LogP contribution in [0.1, 0.15) is 38.8 Å². The lowest BCUT2D eigenvalue weighted by Crippen LogP contribution is -2.32. The van der Waals surface area contributed by atoms with E-state index in [-0.39, 0.29) is 34.1 Å². The minimum absolute atomic E-state index is 0.136. The number of carbonyl (C=O) groups is 1. The van der Waals surface area contributed by atoms with Crippen molar-refractivity contribution in [3.05, 3.63) is 88.3 Å². The van der Waals surface area contributed by atoms with Crippen molar-refractivity contribution in [1.29, 1.82) is 0 Å². The first-order chi connectivity index (χ1) is 18.7. The van der Waals surface area contributed by atoms with E-state index >= 15 is 0 Å². The topological polar surface area (TPSA) is 97.9 Å². The van der Waals surface area contributed by atoms with Gasteiger partial charge in [0.25, 0.3) is 10.1 Å². The fourth-order valence-corrected chi connectivity index (χ4v) is 6.39. The van der Waals surface area contributed by atoms with Crippen LogP contribution in [-0.2, 0) is 25.7 Å². The average molecular weight is 554 g/mol. The van der Waals surface area contributed by atoms with Crippen LogP contribution in [0.25, 0.3) is 0 Å². The zero-order chi connectivity index (χ0) is 29.2. The molecule has 0 aromatic heterocycles. The molecule has 8 heteroatoms. The predicted molar refractivity (Wildman–Crippen MR) is 154 cm³/mol. The van der Waals surface area contributed by atoms with Gasteiger partial charge in [0.15, 0.2) is 5.71 Å². The second kappa shape index (κ2) is 9.09. The zero-order valence-electron chi connectivity index (χ0n) is 22.7. The standard InChI is InChI=1S/C32H28N2O5S/c1-7-15-33-25-12-10-9-11-23(25)31(3,4)27(33)18-21-29(35)22(30(21)36)19-28-32(5,6)24-17-20(40(37,38)39)13-14-26(24)34(28)16-8-2/h1-2,9-14,17-19H,15-16H2,3-6H3,(H-,35,36,37,38,39)/p+1. The normalized spacial score (nSPS) is 20.9. The maximum atomic E-state index is 13.5. The van der Waals surface area contributed by atoms with E-state index in [1.54, 1.807) is 23.1 Å². The monoisotopic (exact) mass is 553 g/mol. The van der Waals surface area contributed by atoms with Gasteiger partial charge in [-0.25, -0.2) is 0 Å². The Kier molecular flexibility index (Phi) is 6.18. The minimum atomic E-state index is -4.42. The van der Waals surface area contributed by atoms with Gasteiger partial charge in [0.1, 0.15) is 5.76 Å². The van der Waals surface area contributed by atoms with Crippen LogP contribution in [-0.4, -0.2) is 47.2 Å². The van der Waals surface area contributed by atoms with E-state index in [4.69, 9.17) is 12.8 Å². The van der Waals surface area contributed by atoms with Crippen LogP contribution >= 0.6 is 0 Å². The molecule has 5 rings (SSSR count). The summed E-state index contributed by atoms with van der Waals surface area (Å²) < 4.78 is 35.2. The van der Waals surface area contributed by atoms with Crippen molar-refractivity contribution >= 4 is 33.0 Å². The molecule has 2 aromatic carbocycles. The number of nitrogens with zero attached hydrogens (tertiary/aromatic N) is 2. The smallest absolute Gasteiger partial charge is 0.294 e. The number of ketones is 1. The number of hydrogen-bond acceptors (Lipinski definition) is 5. The Morgan fingerprint density at radius 2 is 1.70 bits per heavy atom. The Morgan fingerprint density at radius 1 is 1.00 bits per heavy atom. The van der Waals surface area contributed by atoms with Crippen molar-refractivity contribution in [2.24, 2.45) is 0 Å². The highest BCUT2D eigenvalue weighted by atomic mass is 32.2. The number of aliphatic hydroxyl groups excluding tert-OH is 1. The Labute approximate surface area is 234 Å². The Hall–Kier alpha value is -4.37. The summed E-state index contributed by atoms with van der Waals surface area (Å²) in [6.45, 7) is 8.31. The molecule has 202 valence electrons. The molecule has 2 heterocycles. The molecule has 2 N–H and O–H groups in total. The summed E-state index contributed by atoms with van der Waals surface area (Å²) in [7, 11) is -4.42. The molecule has 0 atom stereocenters. The minimum Gasteiger partial charge on any atom is -0.506 e. The molecule has 0 unspecified atom stereocenters. The van der Waals surface area contributed by atoms with Crippen LogP contribution in [0, 0.1) is 24.7 Å². The van der Waals surface area contributed by atoms with Crippen molar-refractivity contribution in [2.45, 2.75) is 43.4 Å². The van der Waals surface area contributed by atoms with Crippen LogP contribution in [0.5, 0.6) is 0 Å². The van der Waals surface area contributed by atoms with Gasteiger partial charge in [-0.1, -0.05) is 38.0 Å². The van der Waals surface area contributed by atoms with Crippen molar-refractivity contribution in [1.82, 2.24) is 0 Å². The van der Waals surface area contributed by atoms with Gasteiger partial charge in [0, 0.05) is 34.5 Å². The largest absolute Gasteiger partial charge is 0.506 e. The number of benzene rings is 2. The number of rotatable bonds is 5. The molecule has 1 aliphatic carbocycles. The lowest BCUT2D eigenvalue weighted by molar-refractivity contribution is -0.422. The Bertz CT molecular complexity index is 1820. The number of carbonyl (C=O) groups excluding carboxylic acids is 1. The molecule has 0 amide bonds. The molecule has 0 fully saturated rings. The third kappa shape index (κ3) is 3.92. The fraction of sp³-hybridized carbons (Fsp3) is 0.250. The molecule has 0 spiro atoms. The number of anilines is 1. The number of aliphatic hydroxyl groups is 1. The van der Waals surface area contributed by atoms with Crippen LogP contribution in [0.3, 0.4) is 0 Å². The summed E-state index contributed by atoms with van der Waals surface area (Å²) in [4.78, 5) is 15.0. The number of Topliss-reactive ketones (excluding diaryl/α,β-unsaturated/α-hetero) is 1. The highest BCUT2D eigenvalue weighted by Crippen LogP contribution is 2.49. The molecule has 2 aliphatic heterocycles. The van der Waals surface area contributed by atoms with Gasteiger partial charge < -0.3 is 10.0 Å². The van der Waals surface area contributed by atoms with Crippen molar-refractivity contribution in [3.63, 3.8) is 0 Å². The second-order valence-corrected chi connectivity index (χ2v) is 12.5. The number of allylic oxidation sites excluding steroid dienone is 5. The molecular weight excluding hydrogens is 524 g/mol. The third-order valence-corrected chi connectivity index (χ3v) is 8.87. The van der Waals surface area contributed by atoms with Gasteiger partial charge in [0.2, 0.25) is 18.0 Å². The van der Waals surface area contributed by atoms with Crippen molar-refractivity contribution < 1.29 is 27.4 Å².